The summed E-state index contributed by atoms with van der Waals surface area (Å²) in [5.41, 5.74) is 1.55. The van der Waals surface area contributed by atoms with Crippen LogP contribution in [0.4, 0.5) is 0 Å². The number of esters is 1. The van der Waals surface area contributed by atoms with Gasteiger partial charge in [-0.05, 0) is 48.5 Å². The molecule has 0 spiro atoms. The molecule has 0 amide bonds. The van der Waals surface area contributed by atoms with Crippen molar-refractivity contribution < 1.29 is 22.4 Å². The molecule has 4 aromatic rings. The molecule has 7 nitrogen and oxygen atoms in total. The minimum Gasteiger partial charge on any atom is -0.468 e. The molecule has 31 heavy (non-hydrogen) atoms. The molecule has 158 valence electrons. The number of hydrogen-bond donors (Lipinski definition) is 1. The number of nitrogens with zero attached hydrogens (tertiary/aromatic N) is 1. The van der Waals surface area contributed by atoms with E-state index < -0.39 is 16.0 Å². The summed E-state index contributed by atoms with van der Waals surface area (Å²) in [6.07, 6.45) is 1.46. The van der Waals surface area contributed by atoms with Crippen LogP contribution in [0.15, 0.2) is 82.3 Å². The van der Waals surface area contributed by atoms with E-state index in [9.17, 15) is 13.2 Å². The van der Waals surface area contributed by atoms with E-state index in [1.165, 1.54) is 30.5 Å². The molecule has 0 bridgehead atoms. The summed E-state index contributed by atoms with van der Waals surface area (Å²) >= 11 is 6.19. The van der Waals surface area contributed by atoms with Crippen LogP contribution in [-0.2, 0) is 27.9 Å². The van der Waals surface area contributed by atoms with E-state index in [1.54, 1.807) is 12.1 Å². The zero-order valence-electron chi connectivity index (χ0n) is 16.1. The van der Waals surface area contributed by atoms with E-state index in [0.717, 1.165) is 10.9 Å². The van der Waals surface area contributed by atoms with Gasteiger partial charge in [0.1, 0.15) is 17.5 Å². The highest BCUT2D eigenvalue weighted by Gasteiger charge is 2.16. The number of nitrogens with one attached hydrogen (secondary N) is 1. The lowest BCUT2D eigenvalue weighted by Gasteiger charge is -2.09. The zero-order chi connectivity index (χ0) is 21.8. The van der Waals surface area contributed by atoms with Gasteiger partial charge < -0.3 is 9.15 Å². The quantitative estimate of drug-likeness (QED) is 0.328. The molecule has 0 radical (unpaired) electrons. The minimum absolute atomic E-state index is 0.0254. The molecule has 9 heteroatoms. The number of rotatable bonds is 7. The van der Waals surface area contributed by atoms with Crippen molar-refractivity contribution in [1.82, 2.24) is 9.71 Å². The van der Waals surface area contributed by atoms with Crippen LogP contribution in [0.2, 0.25) is 5.15 Å². The summed E-state index contributed by atoms with van der Waals surface area (Å²) < 4.78 is 37.6. The van der Waals surface area contributed by atoms with Gasteiger partial charge in [-0.15, -0.1) is 0 Å². The second-order valence-electron chi connectivity index (χ2n) is 6.64. The highest BCUT2D eigenvalue weighted by Crippen LogP contribution is 2.21. The molecule has 0 saturated heterocycles. The highest BCUT2D eigenvalue weighted by molar-refractivity contribution is 7.89. The SMILES string of the molecule is O=C(OCc1cc2ccccc2nc1Cl)c1ccc(S(=O)(=O)NCc2ccco2)cc1. The number of fused-ring (bicyclic) bond motifs is 1. The number of benzene rings is 2. The molecule has 0 saturated carbocycles. The highest BCUT2D eigenvalue weighted by atomic mass is 35.5. The number of hydrogen-bond acceptors (Lipinski definition) is 6. The first-order chi connectivity index (χ1) is 14.9. The molecule has 0 aliphatic heterocycles. The fourth-order valence-electron chi connectivity index (χ4n) is 2.90. The molecule has 0 unspecified atom stereocenters. The van der Waals surface area contributed by atoms with Crippen LogP contribution in [0.1, 0.15) is 21.7 Å². The predicted molar refractivity (Wildman–Crippen MR) is 115 cm³/mol. The Hall–Kier alpha value is -3.20. The Kier molecular flexibility index (Phi) is 6.03. The van der Waals surface area contributed by atoms with Gasteiger partial charge in [0.15, 0.2) is 0 Å². The summed E-state index contributed by atoms with van der Waals surface area (Å²) in [5, 5.41) is 1.14. The second kappa shape index (κ2) is 8.89. The van der Waals surface area contributed by atoms with E-state index in [4.69, 9.17) is 20.8 Å². The molecule has 0 aliphatic carbocycles. The number of ether oxygens (including phenoxy) is 1. The van der Waals surface area contributed by atoms with Crippen LogP contribution in [-0.4, -0.2) is 19.4 Å². The monoisotopic (exact) mass is 456 g/mol. The number of para-hydroxylation sites is 1. The van der Waals surface area contributed by atoms with Crippen molar-refractivity contribution in [1.29, 1.82) is 0 Å². The first-order valence-electron chi connectivity index (χ1n) is 9.26. The van der Waals surface area contributed by atoms with Gasteiger partial charge in [0.05, 0.1) is 28.8 Å². The Morgan fingerprint density at radius 3 is 2.58 bits per heavy atom. The number of pyridine rings is 1. The van der Waals surface area contributed by atoms with Crippen LogP contribution in [0.25, 0.3) is 10.9 Å². The van der Waals surface area contributed by atoms with Crippen molar-refractivity contribution >= 4 is 38.5 Å². The Bertz CT molecular complexity index is 1320. The van der Waals surface area contributed by atoms with Crippen molar-refractivity contribution in [3.63, 3.8) is 0 Å². The predicted octanol–water partition coefficient (Wildman–Crippen LogP) is 4.32. The third-order valence-electron chi connectivity index (χ3n) is 4.53. The number of halogens is 1. The lowest BCUT2D eigenvalue weighted by atomic mass is 10.1. The van der Waals surface area contributed by atoms with E-state index in [1.807, 2.05) is 30.3 Å². The summed E-state index contributed by atoms with van der Waals surface area (Å²) in [6, 6.07) is 18.1. The molecule has 2 aromatic heterocycles. The van der Waals surface area contributed by atoms with E-state index >= 15 is 0 Å². The molecule has 2 heterocycles. The maximum absolute atomic E-state index is 12.4. The van der Waals surface area contributed by atoms with Gasteiger partial charge >= 0.3 is 5.97 Å². The molecular weight excluding hydrogens is 440 g/mol. The molecule has 0 atom stereocenters. The summed E-state index contributed by atoms with van der Waals surface area (Å²) in [4.78, 5) is 16.7. The van der Waals surface area contributed by atoms with Gasteiger partial charge in [-0.25, -0.2) is 22.9 Å². The number of furan rings is 1. The Labute approximate surface area is 183 Å². The van der Waals surface area contributed by atoms with Crippen LogP contribution < -0.4 is 4.72 Å². The summed E-state index contributed by atoms with van der Waals surface area (Å²) in [7, 11) is -3.75. The molecule has 2 aromatic carbocycles. The van der Waals surface area contributed by atoms with E-state index in [-0.39, 0.29) is 28.8 Å². The Morgan fingerprint density at radius 1 is 1.06 bits per heavy atom. The number of aromatic nitrogens is 1. The molecular formula is C22H17ClN2O5S. The third kappa shape index (κ3) is 4.93. The van der Waals surface area contributed by atoms with Gasteiger partial charge in [0, 0.05) is 10.9 Å². The smallest absolute Gasteiger partial charge is 0.338 e. The van der Waals surface area contributed by atoms with Gasteiger partial charge in [-0.1, -0.05) is 29.8 Å². The van der Waals surface area contributed by atoms with Crippen molar-refractivity contribution in [3.8, 4) is 0 Å². The van der Waals surface area contributed by atoms with Gasteiger partial charge in [0.2, 0.25) is 10.0 Å². The number of carbonyl (C=O) groups is 1. The molecule has 0 fully saturated rings. The lowest BCUT2D eigenvalue weighted by Crippen LogP contribution is -2.23. The van der Waals surface area contributed by atoms with Crippen LogP contribution >= 0.6 is 11.6 Å². The first-order valence-corrected chi connectivity index (χ1v) is 11.1. The molecule has 4 rings (SSSR count). The third-order valence-corrected chi connectivity index (χ3v) is 6.27. The standard InChI is InChI=1S/C22H17ClN2O5S/c23-21-17(12-16-4-1-2-6-20(16)25-21)14-30-22(26)15-7-9-19(10-8-15)31(27,28)24-13-18-5-3-11-29-18/h1-12,24H,13-14H2. The van der Waals surface area contributed by atoms with Crippen LogP contribution in [0.3, 0.4) is 0 Å². The summed E-state index contributed by atoms with van der Waals surface area (Å²) in [5.74, 6) is -0.109. The topological polar surface area (TPSA) is 98.5 Å². The second-order valence-corrected chi connectivity index (χ2v) is 8.76. The normalized spacial score (nSPS) is 11.5. The number of sulfonamides is 1. The van der Waals surface area contributed by atoms with Crippen molar-refractivity contribution in [2.24, 2.45) is 0 Å². The van der Waals surface area contributed by atoms with Gasteiger partial charge in [0.25, 0.3) is 0 Å². The van der Waals surface area contributed by atoms with Crippen molar-refractivity contribution in [3.05, 3.63) is 95.0 Å². The van der Waals surface area contributed by atoms with Crippen molar-refractivity contribution in [2.75, 3.05) is 0 Å². The average Bonchev–Trinajstić information content (AvgIpc) is 3.30. The number of carbonyl (C=O) groups excluding carboxylic acids is 1. The largest absolute Gasteiger partial charge is 0.468 e. The molecule has 0 aliphatic rings. The maximum Gasteiger partial charge on any atom is 0.338 e. The minimum atomic E-state index is -3.75. The lowest BCUT2D eigenvalue weighted by molar-refractivity contribution is 0.0472. The average molecular weight is 457 g/mol. The fraction of sp³-hybridized carbons (Fsp3) is 0.0909. The molecule has 1 N–H and O–H groups in total. The summed E-state index contributed by atoms with van der Waals surface area (Å²) in [6.45, 7) is -0.0278. The maximum atomic E-state index is 12.4. The van der Waals surface area contributed by atoms with Crippen LogP contribution in [0, 0.1) is 0 Å². The Balaban J connectivity index is 1.41. The van der Waals surface area contributed by atoms with E-state index in [0.29, 0.717) is 11.3 Å². The zero-order valence-corrected chi connectivity index (χ0v) is 17.7. The van der Waals surface area contributed by atoms with Gasteiger partial charge in [-0.2, -0.15) is 0 Å². The first kappa shape index (κ1) is 21.0. The van der Waals surface area contributed by atoms with Gasteiger partial charge in [-0.3, -0.25) is 0 Å². The van der Waals surface area contributed by atoms with Crippen molar-refractivity contribution in [2.45, 2.75) is 18.0 Å². The fourth-order valence-corrected chi connectivity index (χ4v) is 4.09. The van der Waals surface area contributed by atoms with E-state index in [2.05, 4.69) is 9.71 Å². The Morgan fingerprint density at radius 2 is 1.84 bits per heavy atom. The van der Waals surface area contributed by atoms with Crippen LogP contribution in [0.5, 0.6) is 0 Å².